The van der Waals surface area contributed by atoms with Gasteiger partial charge in [0, 0.05) is 43.5 Å². The summed E-state index contributed by atoms with van der Waals surface area (Å²) in [5.41, 5.74) is 1.98. The predicted octanol–water partition coefficient (Wildman–Crippen LogP) is 6.94. The number of rotatable bonds is 16. The normalized spacial score (nSPS) is 11.1. The van der Waals surface area contributed by atoms with Gasteiger partial charge < -0.3 is 15.1 Å². The van der Waals surface area contributed by atoms with E-state index in [1.807, 2.05) is 6.92 Å². The van der Waals surface area contributed by atoms with Crippen LogP contribution in [0.2, 0.25) is 0 Å². The molecule has 194 valence electrons. The Balaban J connectivity index is 2.09. The molecule has 0 aliphatic rings. The van der Waals surface area contributed by atoms with E-state index in [4.69, 9.17) is 4.98 Å². The third-order valence-corrected chi connectivity index (χ3v) is 6.87. The molecule has 7 heteroatoms. The van der Waals surface area contributed by atoms with Crippen LogP contribution in [0.25, 0.3) is 0 Å². The van der Waals surface area contributed by atoms with Crippen molar-refractivity contribution in [3.8, 4) is 0 Å². The van der Waals surface area contributed by atoms with Crippen LogP contribution >= 0.6 is 11.8 Å². The summed E-state index contributed by atoms with van der Waals surface area (Å²) in [5, 5.41) is 4.40. The number of amides is 1. The number of nitrogens with one attached hydrogen (secondary N) is 1. The van der Waals surface area contributed by atoms with E-state index in [-0.39, 0.29) is 5.91 Å². The van der Waals surface area contributed by atoms with E-state index < -0.39 is 0 Å². The molecule has 0 fully saturated rings. The van der Waals surface area contributed by atoms with E-state index in [0.29, 0.717) is 11.7 Å². The van der Waals surface area contributed by atoms with Crippen LogP contribution in [0.1, 0.15) is 79.0 Å². The molecule has 0 spiro atoms. The maximum absolute atomic E-state index is 13.1. The second-order valence-electron chi connectivity index (χ2n) is 9.15. The summed E-state index contributed by atoms with van der Waals surface area (Å²) >= 11 is 1.67. The van der Waals surface area contributed by atoms with E-state index in [0.717, 1.165) is 55.0 Å². The van der Waals surface area contributed by atoms with Crippen molar-refractivity contribution in [1.82, 2.24) is 9.97 Å². The van der Waals surface area contributed by atoms with Crippen molar-refractivity contribution in [2.24, 2.45) is 0 Å². The zero-order chi connectivity index (χ0) is 25.6. The van der Waals surface area contributed by atoms with Gasteiger partial charge in [0.2, 0.25) is 5.91 Å². The molecule has 35 heavy (non-hydrogen) atoms. The highest BCUT2D eigenvalue weighted by Crippen LogP contribution is 2.35. The van der Waals surface area contributed by atoms with Crippen molar-refractivity contribution in [3.05, 3.63) is 36.2 Å². The summed E-state index contributed by atoms with van der Waals surface area (Å²) < 4.78 is 0. The van der Waals surface area contributed by atoms with Gasteiger partial charge in [0.25, 0.3) is 0 Å². The minimum atomic E-state index is 0.0236. The topological polar surface area (TPSA) is 61.4 Å². The summed E-state index contributed by atoms with van der Waals surface area (Å²) in [5.74, 6) is 1.57. The molecule has 0 unspecified atom stereocenters. The number of aryl methyl sites for hydroxylation is 1. The Hall–Kier alpha value is -2.28. The van der Waals surface area contributed by atoms with Crippen molar-refractivity contribution in [3.63, 3.8) is 0 Å². The first kappa shape index (κ1) is 29.0. The SMILES string of the molecule is CCCCCCN(CCCC(=O)Nc1c(SC(C)C)nc(C)nc1N(CC)CC)c1ccccc1. The highest BCUT2D eigenvalue weighted by molar-refractivity contribution is 8.00. The van der Waals surface area contributed by atoms with Gasteiger partial charge in [0.15, 0.2) is 5.82 Å². The third kappa shape index (κ3) is 9.71. The number of nitrogens with zero attached hydrogens (tertiary/aromatic N) is 4. The van der Waals surface area contributed by atoms with E-state index >= 15 is 0 Å². The molecule has 0 saturated carbocycles. The summed E-state index contributed by atoms with van der Waals surface area (Å²) in [6.45, 7) is 16.2. The molecular formula is C28H45N5OS. The molecule has 0 aliphatic carbocycles. The number of carbonyl (C=O) groups is 1. The zero-order valence-corrected chi connectivity index (χ0v) is 23.5. The molecule has 2 aromatic rings. The highest BCUT2D eigenvalue weighted by Gasteiger charge is 2.20. The minimum Gasteiger partial charge on any atom is -0.372 e. The number of benzene rings is 1. The Labute approximate surface area is 217 Å². The van der Waals surface area contributed by atoms with Crippen molar-refractivity contribution >= 4 is 34.9 Å². The molecule has 1 N–H and O–H groups in total. The standard InChI is InChI=1S/C28H45N5OS/c1-7-10-11-15-20-33(24-17-13-12-14-18-24)21-16-19-25(34)31-26-27(32(8-2)9-3)29-23(6)30-28(26)35-22(4)5/h12-14,17-18,22H,7-11,15-16,19-21H2,1-6H3,(H,31,34). The average molecular weight is 500 g/mol. The van der Waals surface area contributed by atoms with Crippen LogP contribution in [-0.4, -0.2) is 47.3 Å². The Kier molecular flexibility index (Phi) is 13.0. The minimum absolute atomic E-state index is 0.0236. The molecule has 0 aliphatic heterocycles. The molecule has 1 aromatic carbocycles. The van der Waals surface area contributed by atoms with E-state index in [2.05, 4.69) is 85.1 Å². The summed E-state index contributed by atoms with van der Waals surface area (Å²) in [7, 11) is 0. The molecule has 1 amide bonds. The average Bonchev–Trinajstić information content (AvgIpc) is 2.83. The van der Waals surface area contributed by atoms with Crippen molar-refractivity contribution in [2.75, 3.05) is 41.3 Å². The van der Waals surface area contributed by atoms with Crippen LogP contribution < -0.4 is 15.1 Å². The number of aromatic nitrogens is 2. The first-order valence-corrected chi connectivity index (χ1v) is 14.2. The number of para-hydroxylation sites is 1. The first-order valence-electron chi connectivity index (χ1n) is 13.3. The van der Waals surface area contributed by atoms with Gasteiger partial charge in [0.05, 0.1) is 0 Å². The van der Waals surface area contributed by atoms with Crippen LogP contribution in [0.3, 0.4) is 0 Å². The third-order valence-electron chi connectivity index (χ3n) is 5.88. The number of anilines is 3. The van der Waals surface area contributed by atoms with Gasteiger partial charge in [-0.15, -0.1) is 11.8 Å². The van der Waals surface area contributed by atoms with E-state index in [1.165, 1.54) is 31.4 Å². The van der Waals surface area contributed by atoms with Crippen molar-refractivity contribution in [2.45, 2.75) is 90.3 Å². The number of unbranched alkanes of at least 4 members (excludes halogenated alkanes) is 3. The van der Waals surface area contributed by atoms with Gasteiger partial charge in [0.1, 0.15) is 16.5 Å². The molecule has 0 saturated heterocycles. The maximum atomic E-state index is 13.1. The van der Waals surface area contributed by atoms with Crippen molar-refractivity contribution < 1.29 is 4.79 Å². The van der Waals surface area contributed by atoms with E-state index in [1.54, 1.807) is 11.8 Å². The fourth-order valence-corrected chi connectivity index (χ4v) is 4.96. The molecule has 0 radical (unpaired) electrons. The summed E-state index contributed by atoms with van der Waals surface area (Å²) in [6, 6.07) is 10.5. The lowest BCUT2D eigenvalue weighted by molar-refractivity contribution is -0.116. The second-order valence-corrected chi connectivity index (χ2v) is 10.7. The molecule has 0 bridgehead atoms. The number of thioether (sulfide) groups is 1. The number of hydrogen-bond donors (Lipinski definition) is 1. The summed E-state index contributed by atoms with van der Waals surface area (Å²) in [4.78, 5) is 27.1. The van der Waals surface area contributed by atoms with Gasteiger partial charge in [-0.2, -0.15) is 0 Å². The number of hydrogen-bond acceptors (Lipinski definition) is 6. The van der Waals surface area contributed by atoms with Crippen LogP contribution in [0.5, 0.6) is 0 Å². The molecular weight excluding hydrogens is 454 g/mol. The van der Waals surface area contributed by atoms with Crippen molar-refractivity contribution in [1.29, 1.82) is 0 Å². The Morgan fingerprint density at radius 2 is 1.63 bits per heavy atom. The molecule has 6 nitrogen and oxygen atoms in total. The lowest BCUT2D eigenvalue weighted by Gasteiger charge is -2.26. The Morgan fingerprint density at radius 3 is 2.26 bits per heavy atom. The largest absolute Gasteiger partial charge is 0.372 e. The quantitative estimate of drug-likeness (QED) is 0.153. The van der Waals surface area contributed by atoms with Crippen LogP contribution in [0.4, 0.5) is 17.2 Å². The first-order chi connectivity index (χ1) is 16.9. The highest BCUT2D eigenvalue weighted by atomic mass is 32.2. The maximum Gasteiger partial charge on any atom is 0.224 e. The monoisotopic (exact) mass is 499 g/mol. The lowest BCUT2D eigenvalue weighted by atomic mass is 10.1. The van der Waals surface area contributed by atoms with Gasteiger partial charge in [-0.1, -0.05) is 58.2 Å². The van der Waals surface area contributed by atoms with Crippen LogP contribution in [0.15, 0.2) is 35.4 Å². The summed E-state index contributed by atoms with van der Waals surface area (Å²) in [6.07, 6.45) is 6.21. The predicted molar refractivity (Wildman–Crippen MR) is 152 cm³/mol. The molecule has 1 aromatic heterocycles. The Morgan fingerprint density at radius 1 is 0.943 bits per heavy atom. The van der Waals surface area contributed by atoms with Gasteiger partial charge in [-0.3, -0.25) is 4.79 Å². The van der Waals surface area contributed by atoms with Crippen LogP contribution in [0, 0.1) is 6.92 Å². The second kappa shape index (κ2) is 15.7. The van der Waals surface area contributed by atoms with Crippen LogP contribution in [-0.2, 0) is 4.79 Å². The molecule has 1 heterocycles. The smallest absolute Gasteiger partial charge is 0.224 e. The van der Waals surface area contributed by atoms with Gasteiger partial charge in [-0.25, -0.2) is 9.97 Å². The fourth-order valence-electron chi connectivity index (χ4n) is 4.07. The number of carbonyl (C=O) groups excluding carboxylic acids is 1. The van der Waals surface area contributed by atoms with Gasteiger partial charge in [-0.05, 0) is 45.7 Å². The Bertz CT molecular complexity index is 886. The fraction of sp³-hybridized carbons (Fsp3) is 0.607. The molecule has 2 rings (SSSR count). The molecule has 0 atom stereocenters. The van der Waals surface area contributed by atoms with Gasteiger partial charge >= 0.3 is 0 Å². The lowest BCUT2D eigenvalue weighted by Crippen LogP contribution is -2.28. The van der Waals surface area contributed by atoms with E-state index in [9.17, 15) is 4.79 Å². The zero-order valence-electron chi connectivity index (χ0n) is 22.6.